The molecular weight excluding hydrogens is 270 g/mol. The number of hydrogen-bond donors (Lipinski definition) is 1. The fourth-order valence-corrected chi connectivity index (χ4v) is 3.45. The fraction of sp³-hybridized carbons (Fsp3) is 0.733. The number of likely N-dealkylation sites (tertiary alicyclic amines) is 1. The number of amides is 1. The minimum absolute atomic E-state index is 0.185. The van der Waals surface area contributed by atoms with Crippen molar-refractivity contribution in [1.82, 2.24) is 9.88 Å². The molecule has 2 heterocycles. The van der Waals surface area contributed by atoms with Gasteiger partial charge in [-0.15, -0.1) is 11.3 Å². The van der Waals surface area contributed by atoms with Gasteiger partial charge in [0.05, 0.1) is 12.1 Å². The molecule has 1 unspecified atom stereocenters. The third-order valence-electron chi connectivity index (χ3n) is 4.21. The molecule has 0 radical (unpaired) electrons. The summed E-state index contributed by atoms with van der Waals surface area (Å²) in [6.07, 6.45) is 3.81. The predicted octanol–water partition coefficient (Wildman–Crippen LogP) is 2.94. The predicted molar refractivity (Wildman–Crippen MR) is 83.6 cm³/mol. The van der Waals surface area contributed by atoms with Gasteiger partial charge in [-0.25, -0.2) is 4.98 Å². The molecule has 0 spiro atoms. The van der Waals surface area contributed by atoms with Crippen molar-refractivity contribution in [3.05, 3.63) is 11.1 Å². The van der Waals surface area contributed by atoms with Crippen molar-refractivity contribution in [1.29, 1.82) is 0 Å². The average molecular weight is 295 g/mol. The van der Waals surface area contributed by atoms with Gasteiger partial charge in [-0.3, -0.25) is 4.79 Å². The summed E-state index contributed by atoms with van der Waals surface area (Å²) in [4.78, 5) is 18.5. The number of carbonyl (C=O) groups excluding carboxylic acids is 1. The number of nitrogen functional groups attached to an aromatic ring is 1. The first-order chi connectivity index (χ1) is 9.36. The highest BCUT2D eigenvalue weighted by Gasteiger charge is 2.28. The van der Waals surface area contributed by atoms with Gasteiger partial charge >= 0.3 is 0 Å². The second kappa shape index (κ2) is 6.12. The molecule has 4 nitrogen and oxygen atoms in total. The first-order valence-electron chi connectivity index (χ1n) is 7.34. The van der Waals surface area contributed by atoms with E-state index >= 15 is 0 Å². The van der Waals surface area contributed by atoms with Gasteiger partial charge in [-0.1, -0.05) is 20.8 Å². The maximum Gasteiger partial charge on any atom is 0.228 e. The Morgan fingerprint density at radius 2 is 2.20 bits per heavy atom. The number of thiazole rings is 1. The number of aromatic nitrogens is 1. The van der Waals surface area contributed by atoms with Gasteiger partial charge in [0.2, 0.25) is 5.91 Å². The number of nitrogens with two attached hydrogens (primary N) is 1. The highest BCUT2D eigenvalue weighted by atomic mass is 32.1. The van der Waals surface area contributed by atoms with E-state index in [1.165, 1.54) is 17.8 Å². The Morgan fingerprint density at radius 3 is 2.80 bits per heavy atom. The third-order valence-corrected chi connectivity index (χ3v) is 4.93. The lowest BCUT2D eigenvalue weighted by Crippen LogP contribution is -2.33. The van der Waals surface area contributed by atoms with Gasteiger partial charge in [-0.2, -0.15) is 0 Å². The Labute approximate surface area is 125 Å². The largest absolute Gasteiger partial charge is 0.375 e. The van der Waals surface area contributed by atoms with Crippen LogP contribution in [0.15, 0.2) is 5.38 Å². The van der Waals surface area contributed by atoms with Crippen LogP contribution in [0.25, 0.3) is 0 Å². The van der Waals surface area contributed by atoms with E-state index in [-0.39, 0.29) is 5.91 Å². The highest BCUT2D eigenvalue weighted by molar-refractivity contribution is 7.13. The molecule has 1 aliphatic rings. The van der Waals surface area contributed by atoms with Crippen molar-refractivity contribution in [3.8, 4) is 0 Å². The quantitative estimate of drug-likeness (QED) is 0.912. The van der Waals surface area contributed by atoms with Crippen LogP contribution in [0.2, 0.25) is 0 Å². The van der Waals surface area contributed by atoms with Gasteiger partial charge in [0.15, 0.2) is 5.13 Å². The molecule has 5 heteroatoms. The molecule has 0 aromatic carbocycles. The van der Waals surface area contributed by atoms with Crippen LogP contribution in [0.1, 0.15) is 45.7 Å². The summed E-state index contributed by atoms with van der Waals surface area (Å²) in [6.45, 7) is 8.65. The van der Waals surface area contributed by atoms with Gasteiger partial charge in [0, 0.05) is 18.5 Å². The zero-order valence-corrected chi connectivity index (χ0v) is 13.5. The molecule has 1 fully saturated rings. The van der Waals surface area contributed by atoms with Gasteiger partial charge < -0.3 is 10.6 Å². The smallest absolute Gasteiger partial charge is 0.228 e. The van der Waals surface area contributed by atoms with Crippen LogP contribution in [-0.4, -0.2) is 28.9 Å². The van der Waals surface area contributed by atoms with Crippen LogP contribution in [0.3, 0.4) is 0 Å². The number of rotatable bonds is 2. The summed E-state index contributed by atoms with van der Waals surface area (Å²) in [6, 6.07) is 0. The summed E-state index contributed by atoms with van der Waals surface area (Å²) < 4.78 is 0. The van der Waals surface area contributed by atoms with E-state index in [1.54, 1.807) is 0 Å². The topological polar surface area (TPSA) is 59.2 Å². The molecule has 1 amide bonds. The average Bonchev–Trinajstić information content (AvgIpc) is 2.64. The molecule has 2 N–H and O–H groups in total. The summed E-state index contributed by atoms with van der Waals surface area (Å²) in [7, 11) is 0. The van der Waals surface area contributed by atoms with Crippen LogP contribution < -0.4 is 5.73 Å². The third kappa shape index (κ3) is 3.95. The molecule has 1 aliphatic heterocycles. The van der Waals surface area contributed by atoms with Gasteiger partial charge in [-0.05, 0) is 30.6 Å². The Balaban J connectivity index is 1.91. The Morgan fingerprint density at radius 1 is 1.45 bits per heavy atom. The van der Waals surface area contributed by atoms with Crippen LogP contribution in [0.5, 0.6) is 0 Å². The molecule has 1 atom stereocenters. The molecule has 0 saturated carbocycles. The van der Waals surface area contributed by atoms with Crippen LogP contribution >= 0.6 is 11.3 Å². The Bertz CT molecular complexity index is 464. The van der Waals surface area contributed by atoms with E-state index in [0.29, 0.717) is 22.9 Å². The summed E-state index contributed by atoms with van der Waals surface area (Å²) in [5, 5.41) is 2.42. The minimum Gasteiger partial charge on any atom is -0.375 e. The zero-order valence-electron chi connectivity index (χ0n) is 12.7. The van der Waals surface area contributed by atoms with Crippen molar-refractivity contribution in [2.45, 2.75) is 46.5 Å². The Hall–Kier alpha value is -1.10. The van der Waals surface area contributed by atoms with Crippen LogP contribution in [-0.2, 0) is 11.2 Å². The summed E-state index contributed by atoms with van der Waals surface area (Å²) >= 11 is 1.40. The monoisotopic (exact) mass is 295 g/mol. The highest BCUT2D eigenvalue weighted by Crippen LogP contribution is 2.34. The number of carbonyl (C=O) groups is 1. The molecule has 0 bridgehead atoms. The van der Waals surface area contributed by atoms with E-state index in [4.69, 9.17) is 5.73 Å². The number of anilines is 1. The minimum atomic E-state index is 0.185. The Kier molecular flexibility index (Phi) is 4.68. The van der Waals surface area contributed by atoms with Gasteiger partial charge in [0.25, 0.3) is 0 Å². The van der Waals surface area contributed by atoms with E-state index in [9.17, 15) is 4.79 Å². The molecule has 0 aliphatic carbocycles. The van der Waals surface area contributed by atoms with E-state index in [2.05, 4.69) is 25.8 Å². The molecule has 1 aromatic heterocycles. The van der Waals surface area contributed by atoms with Gasteiger partial charge in [0.1, 0.15) is 0 Å². The number of hydrogen-bond acceptors (Lipinski definition) is 4. The molecule has 1 saturated heterocycles. The second-order valence-electron chi connectivity index (χ2n) is 6.73. The lowest BCUT2D eigenvalue weighted by Gasteiger charge is -2.29. The van der Waals surface area contributed by atoms with Crippen molar-refractivity contribution in [3.63, 3.8) is 0 Å². The lowest BCUT2D eigenvalue weighted by molar-refractivity contribution is -0.130. The normalized spacial score (nSPS) is 20.8. The standard InChI is InChI=1S/C15H25N3OS/c1-15(2,3)11-5-4-7-18(8-6-11)13(19)9-12-10-20-14(16)17-12/h10-11H,4-9H2,1-3H3,(H2,16,17). The molecule has 112 valence electrons. The van der Waals surface area contributed by atoms with Crippen molar-refractivity contribution in [2.75, 3.05) is 18.8 Å². The van der Waals surface area contributed by atoms with E-state index < -0.39 is 0 Å². The maximum atomic E-state index is 12.3. The second-order valence-corrected chi connectivity index (χ2v) is 7.62. The fourth-order valence-electron chi connectivity index (χ4n) is 2.88. The van der Waals surface area contributed by atoms with Crippen molar-refractivity contribution in [2.24, 2.45) is 11.3 Å². The van der Waals surface area contributed by atoms with E-state index in [0.717, 1.165) is 31.6 Å². The van der Waals surface area contributed by atoms with Crippen molar-refractivity contribution < 1.29 is 4.79 Å². The van der Waals surface area contributed by atoms with Crippen LogP contribution in [0.4, 0.5) is 5.13 Å². The van der Waals surface area contributed by atoms with E-state index in [1.807, 2.05) is 10.3 Å². The lowest BCUT2D eigenvalue weighted by atomic mass is 9.77. The maximum absolute atomic E-state index is 12.3. The summed E-state index contributed by atoms with van der Waals surface area (Å²) in [5.41, 5.74) is 6.74. The summed E-state index contributed by atoms with van der Waals surface area (Å²) in [5.74, 6) is 0.889. The molecule has 2 rings (SSSR count). The molecule has 1 aromatic rings. The zero-order chi connectivity index (χ0) is 14.8. The van der Waals surface area contributed by atoms with Crippen molar-refractivity contribution >= 4 is 22.4 Å². The van der Waals surface area contributed by atoms with Crippen LogP contribution in [0, 0.1) is 11.3 Å². The molecular formula is C15H25N3OS. The molecule has 20 heavy (non-hydrogen) atoms. The first-order valence-corrected chi connectivity index (χ1v) is 8.22. The first kappa shape index (κ1) is 15.3. The number of nitrogens with zero attached hydrogens (tertiary/aromatic N) is 2. The SMILES string of the molecule is CC(C)(C)C1CCCN(C(=O)Cc2csc(N)n2)CC1.